The number of nitrogens with one attached hydrogen (secondary N) is 1. The summed E-state index contributed by atoms with van der Waals surface area (Å²) in [5.41, 5.74) is 12.1. The van der Waals surface area contributed by atoms with Crippen molar-refractivity contribution >= 4 is 17.7 Å². The van der Waals surface area contributed by atoms with Crippen molar-refractivity contribution in [1.29, 1.82) is 0 Å². The molecule has 0 saturated heterocycles. The summed E-state index contributed by atoms with van der Waals surface area (Å²) in [6, 6.07) is 6.89. The van der Waals surface area contributed by atoms with E-state index < -0.39 is 18.1 Å². The Bertz CT molecular complexity index is 502. The molecule has 6 heteroatoms. The Kier molecular flexibility index (Phi) is 5.58. The summed E-state index contributed by atoms with van der Waals surface area (Å²) in [6.07, 6.45) is -0.322. The second-order valence-corrected chi connectivity index (χ2v) is 4.31. The molecule has 0 heterocycles. The van der Waals surface area contributed by atoms with Crippen LogP contribution in [0.5, 0.6) is 0 Å². The average Bonchev–Trinajstić information content (AvgIpc) is 2.38. The highest BCUT2D eigenvalue weighted by Gasteiger charge is 2.22. The second kappa shape index (κ2) is 7.18. The number of carbonyl (C=O) groups excluding carboxylic acids is 2. The highest BCUT2D eigenvalue weighted by atomic mass is 16.6. The molecular formula is C14H19N3O3. The topological polar surface area (TPSA) is 107 Å². The molecule has 2 amide bonds. The average molecular weight is 277 g/mol. The molecule has 5 N–H and O–H groups in total. The predicted molar refractivity (Wildman–Crippen MR) is 76.7 cm³/mol. The Balaban J connectivity index is 2.74. The number of ether oxygens (including phenoxy) is 1. The number of benzene rings is 1. The van der Waals surface area contributed by atoms with Gasteiger partial charge in [-0.05, 0) is 18.6 Å². The van der Waals surface area contributed by atoms with Crippen LogP contribution in [0.2, 0.25) is 0 Å². The van der Waals surface area contributed by atoms with Crippen molar-refractivity contribution in [2.75, 3.05) is 5.73 Å². The van der Waals surface area contributed by atoms with Crippen molar-refractivity contribution in [3.8, 4) is 0 Å². The molecule has 0 spiro atoms. The lowest BCUT2D eigenvalue weighted by atomic mass is 10.1. The van der Waals surface area contributed by atoms with Gasteiger partial charge in [-0.1, -0.05) is 24.3 Å². The van der Waals surface area contributed by atoms with Crippen molar-refractivity contribution in [2.45, 2.75) is 25.5 Å². The van der Waals surface area contributed by atoms with Gasteiger partial charge < -0.3 is 21.5 Å². The quantitative estimate of drug-likeness (QED) is 0.540. The summed E-state index contributed by atoms with van der Waals surface area (Å²) in [7, 11) is 0. The summed E-state index contributed by atoms with van der Waals surface area (Å²) in [5, 5.41) is 2.73. The Morgan fingerprint density at radius 2 is 2.10 bits per heavy atom. The number of primary amides is 1. The minimum atomic E-state index is -1.00. The number of para-hydroxylation sites is 1. The lowest BCUT2D eigenvalue weighted by molar-refractivity contribution is -0.129. The Morgan fingerprint density at radius 3 is 2.65 bits per heavy atom. The van der Waals surface area contributed by atoms with E-state index in [9.17, 15) is 9.59 Å². The van der Waals surface area contributed by atoms with Crippen LogP contribution in [-0.4, -0.2) is 18.1 Å². The Morgan fingerprint density at radius 1 is 1.45 bits per heavy atom. The number of amides is 2. The number of nitrogen functional groups attached to an aromatic ring is 1. The Hall–Kier alpha value is -2.50. The first-order chi connectivity index (χ1) is 9.45. The Labute approximate surface area is 117 Å². The van der Waals surface area contributed by atoms with Crippen LogP contribution >= 0.6 is 0 Å². The maximum absolute atomic E-state index is 12.0. The van der Waals surface area contributed by atoms with Crippen LogP contribution in [-0.2, 0) is 9.53 Å². The SMILES string of the molecule is C=CC[C@H](OC(N)=O)C(=O)NC(C)c1ccccc1N. The maximum Gasteiger partial charge on any atom is 0.405 e. The van der Waals surface area contributed by atoms with Gasteiger partial charge in [-0.15, -0.1) is 6.58 Å². The van der Waals surface area contributed by atoms with Gasteiger partial charge in [-0.3, -0.25) is 4.79 Å². The lowest BCUT2D eigenvalue weighted by Gasteiger charge is -2.20. The first kappa shape index (κ1) is 15.6. The fourth-order valence-corrected chi connectivity index (χ4v) is 1.79. The van der Waals surface area contributed by atoms with E-state index in [-0.39, 0.29) is 12.5 Å². The van der Waals surface area contributed by atoms with Crippen molar-refractivity contribution in [2.24, 2.45) is 5.73 Å². The third kappa shape index (κ3) is 4.31. The molecule has 0 saturated carbocycles. The van der Waals surface area contributed by atoms with Crippen LogP contribution in [0.15, 0.2) is 36.9 Å². The van der Waals surface area contributed by atoms with Gasteiger partial charge in [-0.25, -0.2) is 4.79 Å². The molecule has 0 aliphatic carbocycles. The van der Waals surface area contributed by atoms with Gasteiger partial charge in [0.1, 0.15) is 0 Å². The van der Waals surface area contributed by atoms with E-state index in [4.69, 9.17) is 16.2 Å². The van der Waals surface area contributed by atoms with Crippen LogP contribution < -0.4 is 16.8 Å². The van der Waals surface area contributed by atoms with Crippen molar-refractivity contribution in [3.05, 3.63) is 42.5 Å². The number of nitrogens with two attached hydrogens (primary N) is 2. The summed E-state index contributed by atoms with van der Waals surface area (Å²) >= 11 is 0. The molecule has 1 rings (SSSR count). The van der Waals surface area contributed by atoms with Crippen molar-refractivity contribution in [1.82, 2.24) is 5.32 Å². The smallest absolute Gasteiger partial charge is 0.405 e. The molecule has 1 aromatic carbocycles. The molecule has 108 valence electrons. The maximum atomic E-state index is 12.0. The van der Waals surface area contributed by atoms with E-state index in [0.29, 0.717) is 5.69 Å². The van der Waals surface area contributed by atoms with Gasteiger partial charge in [0.2, 0.25) is 0 Å². The normalized spacial score (nSPS) is 13.1. The fraction of sp³-hybridized carbons (Fsp3) is 0.286. The van der Waals surface area contributed by atoms with Gasteiger partial charge in [0.05, 0.1) is 6.04 Å². The molecule has 0 aliphatic heterocycles. The summed E-state index contributed by atoms with van der Waals surface area (Å²) in [5.74, 6) is -0.445. The first-order valence-electron chi connectivity index (χ1n) is 6.17. The van der Waals surface area contributed by atoms with Gasteiger partial charge in [0.25, 0.3) is 5.91 Å². The molecule has 0 radical (unpaired) electrons. The molecule has 0 aliphatic rings. The molecule has 1 aromatic rings. The first-order valence-corrected chi connectivity index (χ1v) is 6.17. The zero-order valence-electron chi connectivity index (χ0n) is 11.3. The molecule has 6 nitrogen and oxygen atoms in total. The van der Waals surface area contributed by atoms with E-state index in [1.165, 1.54) is 6.08 Å². The zero-order valence-corrected chi connectivity index (χ0v) is 11.3. The molecule has 0 aromatic heterocycles. The summed E-state index contributed by atoms with van der Waals surface area (Å²) in [4.78, 5) is 22.8. The summed E-state index contributed by atoms with van der Waals surface area (Å²) < 4.78 is 4.74. The standard InChI is InChI=1S/C14H19N3O3/c1-3-6-12(20-14(16)19)13(18)17-9(2)10-7-4-5-8-11(10)15/h3-5,7-9,12H,1,6,15H2,2H3,(H2,16,19)(H,17,18)/t9?,12-/m0/s1. The van der Waals surface area contributed by atoms with Crippen LogP contribution in [0.1, 0.15) is 24.9 Å². The monoisotopic (exact) mass is 277 g/mol. The largest absolute Gasteiger partial charge is 0.436 e. The molecule has 0 fully saturated rings. The number of hydrogen-bond donors (Lipinski definition) is 3. The third-order valence-electron chi connectivity index (χ3n) is 2.75. The van der Waals surface area contributed by atoms with Crippen LogP contribution in [0, 0.1) is 0 Å². The van der Waals surface area contributed by atoms with Gasteiger partial charge in [0.15, 0.2) is 6.10 Å². The minimum absolute atomic E-state index is 0.186. The number of anilines is 1. The predicted octanol–water partition coefficient (Wildman–Crippen LogP) is 1.49. The van der Waals surface area contributed by atoms with Gasteiger partial charge >= 0.3 is 6.09 Å². The lowest BCUT2D eigenvalue weighted by Crippen LogP contribution is -2.40. The third-order valence-corrected chi connectivity index (χ3v) is 2.75. The van der Waals surface area contributed by atoms with Crippen LogP contribution in [0.25, 0.3) is 0 Å². The molecule has 2 atom stereocenters. The van der Waals surface area contributed by atoms with Crippen molar-refractivity contribution < 1.29 is 14.3 Å². The minimum Gasteiger partial charge on any atom is -0.436 e. The van der Waals surface area contributed by atoms with Crippen LogP contribution in [0.4, 0.5) is 10.5 Å². The van der Waals surface area contributed by atoms with Crippen molar-refractivity contribution in [3.63, 3.8) is 0 Å². The van der Waals surface area contributed by atoms with E-state index >= 15 is 0 Å². The molecule has 20 heavy (non-hydrogen) atoms. The van der Waals surface area contributed by atoms with E-state index in [1.54, 1.807) is 13.0 Å². The zero-order chi connectivity index (χ0) is 15.1. The molecule has 0 bridgehead atoms. The second-order valence-electron chi connectivity index (χ2n) is 4.31. The number of hydrogen-bond acceptors (Lipinski definition) is 4. The molecular weight excluding hydrogens is 258 g/mol. The van der Waals surface area contributed by atoms with Gasteiger partial charge in [0, 0.05) is 12.1 Å². The highest BCUT2D eigenvalue weighted by molar-refractivity contribution is 5.83. The van der Waals surface area contributed by atoms with E-state index in [1.807, 2.05) is 18.2 Å². The number of rotatable bonds is 6. The van der Waals surface area contributed by atoms with Crippen LogP contribution in [0.3, 0.4) is 0 Å². The summed E-state index contributed by atoms with van der Waals surface area (Å²) in [6.45, 7) is 5.30. The van der Waals surface area contributed by atoms with E-state index in [0.717, 1.165) is 5.56 Å². The highest BCUT2D eigenvalue weighted by Crippen LogP contribution is 2.19. The molecule has 1 unspecified atom stereocenters. The van der Waals surface area contributed by atoms with E-state index in [2.05, 4.69) is 11.9 Å². The number of carbonyl (C=O) groups is 2. The fourth-order valence-electron chi connectivity index (χ4n) is 1.79. The van der Waals surface area contributed by atoms with Gasteiger partial charge in [-0.2, -0.15) is 0 Å².